The molecule has 3 nitrogen and oxygen atoms in total. The Morgan fingerprint density at radius 1 is 1.10 bits per heavy atom. The Labute approximate surface area is 128 Å². The molecule has 0 saturated heterocycles. The lowest BCUT2D eigenvalue weighted by Crippen LogP contribution is -2.30. The summed E-state index contributed by atoms with van der Waals surface area (Å²) in [5, 5.41) is 1.11. The summed E-state index contributed by atoms with van der Waals surface area (Å²) in [7, 11) is 0. The maximum atomic E-state index is 5.81. The second-order valence-corrected chi connectivity index (χ2v) is 6.42. The number of aromatic nitrogens is 1. The van der Waals surface area contributed by atoms with Gasteiger partial charge >= 0.3 is 0 Å². The second-order valence-electron chi connectivity index (χ2n) is 5.30. The van der Waals surface area contributed by atoms with E-state index in [1.807, 2.05) is 6.07 Å². The third-order valence-corrected chi connectivity index (χ3v) is 4.87. The predicted octanol–water partition coefficient (Wildman–Crippen LogP) is 3.66. The summed E-state index contributed by atoms with van der Waals surface area (Å²) >= 11 is 1.74. The summed E-state index contributed by atoms with van der Waals surface area (Å²) < 4.78 is 1.23. The zero-order valence-corrected chi connectivity index (χ0v) is 13.1. The van der Waals surface area contributed by atoms with Crippen molar-refractivity contribution in [2.24, 2.45) is 5.84 Å². The molecule has 2 aromatic carbocycles. The van der Waals surface area contributed by atoms with Gasteiger partial charge in [-0.15, -0.1) is 11.3 Å². The zero-order valence-electron chi connectivity index (χ0n) is 12.3. The molecule has 0 saturated carbocycles. The van der Waals surface area contributed by atoms with Crippen LogP contribution in [0.4, 0.5) is 0 Å². The summed E-state index contributed by atoms with van der Waals surface area (Å²) in [6.07, 6.45) is 0.807. The van der Waals surface area contributed by atoms with Gasteiger partial charge in [0.15, 0.2) is 0 Å². The van der Waals surface area contributed by atoms with Crippen molar-refractivity contribution in [3.05, 3.63) is 64.2 Å². The van der Waals surface area contributed by atoms with E-state index in [1.54, 1.807) is 11.3 Å². The number of fused-ring (bicyclic) bond motifs is 1. The highest BCUT2D eigenvalue weighted by atomic mass is 32.1. The number of hydrogen-bond acceptors (Lipinski definition) is 4. The molecular formula is C17H19N3S. The summed E-state index contributed by atoms with van der Waals surface area (Å²) in [5.74, 6) is 5.81. The monoisotopic (exact) mass is 297 g/mol. The van der Waals surface area contributed by atoms with E-state index in [2.05, 4.69) is 55.7 Å². The van der Waals surface area contributed by atoms with Gasteiger partial charge in [-0.1, -0.05) is 30.3 Å². The first-order valence-electron chi connectivity index (χ1n) is 7.05. The number of nitrogens with one attached hydrogen (secondary N) is 1. The first-order valence-corrected chi connectivity index (χ1v) is 7.87. The molecule has 0 bridgehead atoms. The number of benzene rings is 2. The Hall–Kier alpha value is -1.75. The van der Waals surface area contributed by atoms with Crippen LogP contribution in [0.3, 0.4) is 0 Å². The molecule has 21 heavy (non-hydrogen) atoms. The molecule has 1 unspecified atom stereocenters. The Kier molecular flexibility index (Phi) is 4.01. The molecule has 108 valence electrons. The minimum absolute atomic E-state index is 0.0896. The van der Waals surface area contributed by atoms with Gasteiger partial charge in [-0.3, -0.25) is 11.3 Å². The maximum Gasteiger partial charge on any atom is 0.0958 e. The molecule has 0 aliphatic carbocycles. The van der Waals surface area contributed by atoms with Crippen molar-refractivity contribution in [2.75, 3.05) is 0 Å². The van der Waals surface area contributed by atoms with Crippen molar-refractivity contribution in [1.29, 1.82) is 0 Å². The molecule has 1 heterocycles. The van der Waals surface area contributed by atoms with Crippen LogP contribution in [0, 0.1) is 13.8 Å². The molecule has 1 aromatic heterocycles. The molecule has 3 rings (SSSR count). The standard InChI is InChI=1S/C17H19N3S/c1-11-6-5-7-12(2)17(11)14(20-18)10-16-19-13-8-3-4-9-15(13)21-16/h3-9,14,20H,10,18H2,1-2H3. The number of rotatable bonds is 4. The molecule has 0 aliphatic heterocycles. The van der Waals surface area contributed by atoms with E-state index in [9.17, 15) is 0 Å². The van der Waals surface area contributed by atoms with E-state index in [4.69, 9.17) is 10.8 Å². The first kappa shape index (κ1) is 14.2. The van der Waals surface area contributed by atoms with Gasteiger partial charge in [0.1, 0.15) is 0 Å². The minimum atomic E-state index is 0.0896. The van der Waals surface area contributed by atoms with E-state index < -0.39 is 0 Å². The highest BCUT2D eigenvalue weighted by molar-refractivity contribution is 7.18. The molecule has 3 aromatic rings. The van der Waals surface area contributed by atoms with Crippen LogP contribution in [-0.4, -0.2) is 4.98 Å². The van der Waals surface area contributed by atoms with Crippen LogP contribution in [0.5, 0.6) is 0 Å². The maximum absolute atomic E-state index is 5.81. The predicted molar refractivity (Wildman–Crippen MR) is 89.3 cm³/mol. The van der Waals surface area contributed by atoms with E-state index >= 15 is 0 Å². The second kappa shape index (κ2) is 5.93. The Morgan fingerprint density at radius 3 is 2.48 bits per heavy atom. The molecule has 0 radical (unpaired) electrons. The van der Waals surface area contributed by atoms with E-state index in [1.165, 1.54) is 21.4 Å². The van der Waals surface area contributed by atoms with Crippen molar-refractivity contribution in [3.63, 3.8) is 0 Å². The lowest BCUT2D eigenvalue weighted by Gasteiger charge is -2.19. The van der Waals surface area contributed by atoms with Crippen LogP contribution in [0.1, 0.15) is 27.7 Å². The number of hydrazine groups is 1. The molecule has 3 N–H and O–H groups in total. The van der Waals surface area contributed by atoms with Crippen LogP contribution in [0.25, 0.3) is 10.2 Å². The number of para-hydroxylation sites is 1. The fraction of sp³-hybridized carbons (Fsp3) is 0.235. The van der Waals surface area contributed by atoms with Crippen molar-refractivity contribution < 1.29 is 0 Å². The number of thiazole rings is 1. The highest BCUT2D eigenvalue weighted by Gasteiger charge is 2.17. The normalized spacial score (nSPS) is 12.7. The fourth-order valence-electron chi connectivity index (χ4n) is 2.80. The third-order valence-electron chi connectivity index (χ3n) is 3.81. The Bertz CT molecular complexity index is 710. The van der Waals surface area contributed by atoms with E-state index in [0.29, 0.717) is 0 Å². The molecule has 0 spiro atoms. The van der Waals surface area contributed by atoms with Gasteiger partial charge < -0.3 is 0 Å². The van der Waals surface area contributed by atoms with Gasteiger partial charge in [0.2, 0.25) is 0 Å². The van der Waals surface area contributed by atoms with Crippen LogP contribution in [0.15, 0.2) is 42.5 Å². The quantitative estimate of drug-likeness (QED) is 0.571. The fourth-order valence-corrected chi connectivity index (χ4v) is 3.82. The van der Waals surface area contributed by atoms with Crippen molar-refractivity contribution in [3.8, 4) is 0 Å². The van der Waals surface area contributed by atoms with Gasteiger partial charge in [-0.2, -0.15) is 0 Å². The summed E-state index contributed by atoms with van der Waals surface area (Å²) in [4.78, 5) is 4.71. The van der Waals surface area contributed by atoms with E-state index in [0.717, 1.165) is 16.9 Å². The zero-order chi connectivity index (χ0) is 14.8. The van der Waals surface area contributed by atoms with Gasteiger partial charge in [-0.05, 0) is 42.7 Å². The van der Waals surface area contributed by atoms with Crippen molar-refractivity contribution >= 4 is 21.6 Å². The molecule has 0 amide bonds. The largest absolute Gasteiger partial charge is 0.271 e. The smallest absolute Gasteiger partial charge is 0.0958 e. The van der Waals surface area contributed by atoms with Crippen LogP contribution in [0.2, 0.25) is 0 Å². The average molecular weight is 297 g/mol. The highest BCUT2D eigenvalue weighted by Crippen LogP contribution is 2.28. The molecule has 1 atom stereocenters. The summed E-state index contributed by atoms with van der Waals surface area (Å²) in [6, 6.07) is 14.7. The Balaban J connectivity index is 1.94. The van der Waals surface area contributed by atoms with Crippen LogP contribution < -0.4 is 11.3 Å². The van der Waals surface area contributed by atoms with Gasteiger partial charge in [-0.25, -0.2) is 4.98 Å². The molecule has 0 fully saturated rings. The van der Waals surface area contributed by atoms with Gasteiger partial charge in [0.05, 0.1) is 21.3 Å². The molecule has 0 aliphatic rings. The van der Waals surface area contributed by atoms with Crippen LogP contribution >= 0.6 is 11.3 Å². The number of hydrogen-bond donors (Lipinski definition) is 2. The topological polar surface area (TPSA) is 50.9 Å². The van der Waals surface area contributed by atoms with E-state index in [-0.39, 0.29) is 6.04 Å². The van der Waals surface area contributed by atoms with Crippen molar-refractivity contribution in [2.45, 2.75) is 26.3 Å². The first-order chi connectivity index (χ1) is 10.2. The summed E-state index contributed by atoms with van der Waals surface area (Å²) in [5.41, 5.74) is 7.83. The number of nitrogens with two attached hydrogens (primary N) is 1. The number of nitrogens with zero attached hydrogens (tertiary/aromatic N) is 1. The third kappa shape index (κ3) is 2.83. The van der Waals surface area contributed by atoms with Gasteiger partial charge in [0.25, 0.3) is 0 Å². The molecular weight excluding hydrogens is 278 g/mol. The summed E-state index contributed by atoms with van der Waals surface area (Å²) in [6.45, 7) is 4.26. The molecule has 4 heteroatoms. The SMILES string of the molecule is Cc1cccc(C)c1C(Cc1nc2ccccc2s1)NN. The lowest BCUT2D eigenvalue weighted by molar-refractivity contribution is 0.546. The van der Waals surface area contributed by atoms with Gasteiger partial charge in [0, 0.05) is 6.42 Å². The lowest BCUT2D eigenvalue weighted by atomic mass is 9.95. The minimum Gasteiger partial charge on any atom is -0.271 e. The number of aryl methyl sites for hydroxylation is 2. The average Bonchev–Trinajstić information content (AvgIpc) is 2.88. The Morgan fingerprint density at radius 2 is 1.81 bits per heavy atom. The van der Waals surface area contributed by atoms with Crippen LogP contribution in [-0.2, 0) is 6.42 Å². The van der Waals surface area contributed by atoms with Crippen molar-refractivity contribution in [1.82, 2.24) is 10.4 Å².